The molecule has 160 valence electrons. The van der Waals surface area contributed by atoms with Crippen molar-refractivity contribution in [2.45, 2.75) is 64.7 Å². The molecule has 0 radical (unpaired) electrons. The van der Waals surface area contributed by atoms with Crippen LogP contribution in [0.15, 0.2) is 30.3 Å². The van der Waals surface area contributed by atoms with Crippen LogP contribution < -0.4 is 0 Å². The second-order valence-electron chi connectivity index (χ2n) is 9.10. The summed E-state index contributed by atoms with van der Waals surface area (Å²) >= 11 is 0. The van der Waals surface area contributed by atoms with Gasteiger partial charge in [-0.2, -0.15) is 0 Å². The number of benzene rings is 1. The maximum atomic E-state index is 12.3. The summed E-state index contributed by atoms with van der Waals surface area (Å²) in [7, 11) is 0. The second kappa shape index (κ2) is 9.61. The van der Waals surface area contributed by atoms with Gasteiger partial charge >= 0.3 is 12.1 Å². The van der Waals surface area contributed by atoms with Gasteiger partial charge in [0, 0.05) is 32.2 Å². The third-order valence-corrected chi connectivity index (χ3v) is 5.73. The Hall–Kier alpha value is -2.08. The zero-order chi connectivity index (χ0) is 20.9. The largest absolute Gasteiger partial charge is 0.460 e. The van der Waals surface area contributed by atoms with E-state index in [0.29, 0.717) is 25.7 Å². The van der Waals surface area contributed by atoms with Crippen molar-refractivity contribution in [3.05, 3.63) is 35.9 Å². The molecule has 6 nitrogen and oxygen atoms in total. The van der Waals surface area contributed by atoms with Gasteiger partial charge in [0.2, 0.25) is 0 Å². The molecule has 0 N–H and O–H groups in total. The Balaban J connectivity index is 1.38. The maximum absolute atomic E-state index is 12.3. The molecule has 0 spiro atoms. The number of carbonyl (C=O) groups is 2. The molecular weight excluding hydrogens is 368 g/mol. The monoisotopic (exact) mass is 402 g/mol. The third-order valence-electron chi connectivity index (χ3n) is 5.73. The molecule has 1 aromatic carbocycles. The number of hydrogen-bond donors (Lipinski definition) is 0. The highest BCUT2D eigenvalue weighted by atomic mass is 16.6. The SMILES string of the molecule is CC(C)(C)OC(=O)C1CCC(N2CCN(C(=O)OCc3ccccc3)CC2)CC1. The summed E-state index contributed by atoms with van der Waals surface area (Å²) in [5.74, 6) is -0.0262. The molecule has 1 aliphatic carbocycles. The fourth-order valence-corrected chi connectivity index (χ4v) is 4.14. The summed E-state index contributed by atoms with van der Waals surface area (Å²) in [5, 5.41) is 0. The van der Waals surface area contributed by atoms with Gasteiger partial charge in [-0.1, -0.05) is 30.3 Å². The van der Waals surface area contributed by atoms with E-state index in [-0.39, 0.29) is 18.0 Å². The third kappa shape index (κ3) is 6.46. The molecule has 1 amide bonds. The number of carbonyl (C=O) groups excluding carboxylic acids is 2. The Kier molecular flexibility index (Phi) is 7.17. The summed E-state index contributed by atoms with van der Waals surface area (Å²) < 4.78 is 11.0. The topological polar surface area (TPSA) is 59.1 Å². The summed E-state index contributed by atoms with van der Waals surface area (Å²) in [6.07, 6.45) is 3.57. The van der Waals surface area contributed by atoms with Crippen LogP contribution in [0.1, 0.15) is 52.0 Å². The van der Waals surface area contributed by atoms with E-state index in [9.17, 15) is 9.59 Å². The van der Waals surface area contributed by atoms with Crippen molar-refractivity contribution in [2.24, 2.45) is 5.92 Å². The van der Waals surface area contributed by atoms with Crippen LogP contribution in [0.5, 0.6) is 0 Å². The van der Waals surface area contributed by atoms with Crippen LogP contribution in [-0.4, -0.2) is 59.7 Å². The Bertz CT molecular complexity index is 670. The van der Waals surface area contributed by atoms with Gasteiger partial charge in [-0.15, -0.1) is 0 Å². The van der Waals surface area contributed by atoms with Gasteiger partial charge in [-0.25, -0.2) is 4.79 Å². The fraction of sp³-hybridized carbons (Fsp3) is 0.652. The predicted octanol–water partition coefficient (Wildman–Crippen LogP) is 3.84. The van der Waals surface area contributed by atoms with Gasteiger partial charge in [0.25, 0.3) is 0 Å². The van der Waals surface area contributed by atoms with Crippen LogP contribution in [0.4, 0.5) is 4.79 Å². The highest BCUT2D eigenvalue weighted by Gasteiger charge is 2.33. The van der Waals surface area contributed by atoms with Crippen molar-refractivity contribution < 1.29 is 19.1 Å². The molecule has 3 rings (SSSR count). The number of esters is 1. The van der Waals surface area contributed by atoms with E-state index in [2.05, 4.69) is 4.90 Å². The quantitative estimate of drug-likeness (QED) is 0.716. The van der Waals surface area contributed by atoms with Gasteiger partial charge in [0.05, 0.1) is 5.92 Å². The number of ether oxygens (including phenoxy) is 2. The van der Waals surface area contributed by atoms with Gasteiger partial charge in [-0.3, -0.25) is 9.69 Å². The van der Waals surface area contributed by atoms with Crippen LogP contribution in [0.2, 0.25) is 0 Å². The number of piperazine rings is 1. The molecule has 0 aromatic heterocycles. The van der Waals surface area contributed by atoms with Gasteiger partial charge in [0.1, 0.15) is 12.2 Å². The number of hydrogen-bond acceptors (Lipinski definition) is 5. The molecule has 1 aliphatic heterocycles. The smallest absolute Gasteiger partial charge is 0.410 e. The van der Waals surface area contributed by atoms with E-state index >= 15 is 0 Å². The Labute approximate surface area is 174 Å². The summed E-state index contributed by atoms with van der Waals surface area (Å²) in [5.41, 5.74) is 0.584. The highest BCUT2D eigenvalue weighted by Crippen LogP contribution is 2.30. The molecule has 1 saturated heterocycles. The van der Waals surface area contributed by atoms with Crippen LogP contribution in [-0.2, 0) is 20.9 Å². The molecule has 29 heavy (non-hydrogen) atoms. The minimum absolute atomic E-state index is 0.0275. The molecule has 0 unspecified atom stereocenters. The molecule has 6 heteroatoms. The number of nitrogens with zero attached hydrogens (tertiary/aromatic N) is 2. The average molecular weight is 403 g/mol. The molecule has 2 aliphatic rings. The minimum Gasteiger partial charge on any atom is -0.460 e. The average Bonchev–Trinajstić information content (AvgIpc) is 2.72. The van der Waals surface area contributed by atoms with Crippen molar-refractivity contribution in [1.82, 2.24) is 9.80 Å². The normalized spacial score (nSPS) is 23.5. The summed E-state index contributed by atoms with van der Waals surface area (Å²) in [6.45, 7) is 9.18. The summed E-state index contributed by atoms with van der Waals surface area (Å²) in [6, 6.07) is 10.2. The number of amides is 1. The van der Waals surface area contributed by atoms with Crippen LogP contribution in [0, 0.1) is 5.92 Å². The highest BCUT2D eigenvalue weighted by molar-refractivity contribution is 5.73. The fourth-order valence-electron chi connectivity index (χ4n) is 4.14. The van der Waals surface area contributed by atoms with E-state index in [1.165, 1.54) is 0 Å². The van der Waals surface area contributed by atoms with Crippen molar-refractivity contribution >= 4 is 12.1 Å². The first-order valence-electron chi connectivity index (χ1n) is 10.7. The molecule has 0 bridgehead atoms. The van der Waals surface area contributed by atoms with Crippen LogP contribution in [0.3, 0.4) is 0 Å². The molecule has 1 saturated carbocycles. The van der Waals surface area contributed by atoms with Crippen molar-refractivity contribution in [3.8, 4) is 0 Å². The lowest BCUT2D eigenvalue weighted by Gasteiger charge is -2.41. The molecule has 1 aromatic rings. The maximum Gasteiger partial charge on any atom is 0.410 e. The summed E-state index contributed by atoms with van der Waals surface area (Å²) in [4.78, 5) is 28.9. The Morgan fingerprint density at radius 3 is 2.17 bits per heavy atom. The lowest BCUT2D eigenvalue weighted by molar-refractivity contribution is -0.161. The number of rotatable bonds is 4. The lowest BCUT2D eigenvalue weighted by Crippen LogP contribution is -2.52. The van der Waals surface area contributed by atoms with E-state index < -0.39 is 5.60 Å². The molecule has 2 fully saturated rings. The zero-order valence-electron chi connectivity index (χ0n) is 17.9. The molecule has 0 atom stereocenters. The van der Waals surface area contributed by atoms with Gasteiger partial charge in [-0.05, 0) is 52.0 Å². The van der Waals surface area contributed by atoms with Crippen LogP contribution >= 0.6 is 0 Å². The molecular formula is C23H34N2O4. The standard InChI is InChI=1S/C23H34N2O4/c1-23(2,3)29-21(26)19-9-11-20(12-10-19)24-13-15-25(16-14-24)22(27)28-17-18-7-5-4-6-8-18/h4-8,19-20H,9-17H2,1-3H3. The first-order valence-corrected chi connectivity index (χ1v) is 10.7. The van der Waals surface area contributed by atoms with E-state index in [0.717, 1.165) is 44.3 Å². The zero-order valence-corrected chi connectivity index (χ0v) is 17.9. The van der Waals surface area contributed by atoms with Gasteiger partial charge in [0.15, 0.2) is 0 Å². The van der Waals surface area contributed by atoms with Crippen molar-refractivity contribution in [2.75, 3.05) is 26.2 Å². The Morgan fingerprint density at radius 1 is 0.966 bits per heavy atom. The second-order valence-corrected chi connectivity index (χ2v) is 9.10. The Morgan fingerprint density at radius 2 is 1.59 bits per heavy atom. The van der Waals surface area contributed by atoms with Crippen LogP contribution in [0.25, 0.3) is 0 Å². The van der Waals surface area contributed by atoms with Gasteiger partial charge < -0.3 is 14.4 Å². The minimum atomic E-state index is -0.417. The molecule has 1 heterocycles. The van der Waals surface area contributed by atoms with Crippen molar-refractivity contribution in [3.63, 3.8) is 0 Å². The van der Waals surface area contributed by atoms with E-state index in [4.69, 9.17) is 9.47 Å². The first kappa shape index (κ1) is 21.6. The van der Waals surface area contributed by atoms with E-state index in [1.54, 1.807) is 4.90 Å². The van der Waals surface area contributed by atoms with Crippen molar-refractivity contribution in [1.29, 1.82) is 0 Å². The van der Waals surface area contributed by atoms with E-state index in [1.807, 2.05) is 51.1 Å². The first-order chi connectivity index (χ1) is 13.8. The lowest BCUT2D eigenvalue weighted by atomic mass is 9.85. The predicted molar refractivity (Wildman–Crippen MR) is 111 cm³/mol.